The molecule has 2 unspecified atom stereocenters. The number of nitrogens with zero attached hydrogens (tertiary/aromatic N) is 1. The van der Waals surface area contributed by atoms with Crippen LogP contribution in [-0.2, 0) is 4.79 Å². The molecule has 2 N–H and O–H groups in total. The monoisotopic (exact) mass is 372 g/mol. The molecule has 0 saturated carbocycles. The Balaban J connectivity index is 0.00000312. The third-order valence-corrected chi connectivity index (χ3v) is 4.61. The molecule has 1 aromatic carbocycles. The molecule has 7 heteroatoms. The molecule has 0 aliphatic carbocycles. The van der Waals surface area contributed by atoms with Crippen LogP contribution in [0.15, 0.2) is 18.2 Å². The minimum absolute atomic E-state index is 0. The molecule has 1 amide bonds. The molecule has 2 atom stereocenters. The molecule has 0 aromatic heterocycles. The van der Waals surface area contributed by atoms with Crippen LogP contribution in [0.4, 0.5) is 4.39 Å². The van der Waals surface area contributed by atoms with Gasteiger partial charge in [-0.3, -0.25) is 9.59 Å². The van der Waals surface area contributed by atoms with Gasteiger partial charge in [0, 0.05) is 37.5 Å². The van der Waals surface area contributed by atoms with Gasteiger partial charge in [-0.2, -0.15) is 0 Å². The Bertz CT molecular complexity index is 612. The molecule has 1 aliphatic heterocycles. The third kappa shape index (κ3) is 5.41. The molecule has 140 valence electrons. The predicted octanol–water partition coefficient (Wildman–Crippen LogP) is 2.80. The first-order chi connectivity index (χ1) is 11.5. The molecule has 1 aromatic rings. The van der Waals surface area contributed by atoms with Crippen molar-refractivity contribution in [1.82, 2.24) is 4.90 Å². The van der Waals surface area contributed by atoms with E-state index in [2.05, 4.69) is 6.92 Å². The first-order valence-corrected chi connectivity index (χ1v) is 8.32. The summed E-state index contributed by atoms with van der Waals surface area (Å²) in [6.07, 6.45) is 2.05. The Morgan fingerprint density at radius 3 is 2.68 bits per heavy atom. The lowest BCUT2D eigenvalue weighted by molar-refractivity contribution is -0.135. The summed E-state index contributed by atoms with van der Waals surface area (Å²) in [5.74, 6) is -0.232. The van der Waals surface area contributed by atoms with Crippen LogP contribution in [0.2, 0.25) is 0 Å². The molecule has 0 bridgehead atoms. The minimum Gasteiger partial charge on any atom is -0.494 e. The normalized spacial score (nSPS) is 19.9. The fourth-order valence-electron chi connectivity index (χ4n) is 3.15. The van der Waals surface area contributed by atoms with Crippen molar-refractivity contribution in [3.8, 4) is 5.75 Å². The highest BCUT2D eigenvalue weighted by atomic mass is 35.5. The van der Waals surface area contributed by atoms with E-state index in [-0.39, 0.29) is 54.3 Å². The van der Waals surface area contributed by atoms with Crippen molar-refractivity contribution in [3.63, 3.8) is 0 Å². The van der Waals surface area contributed by atoms with Gasteiger partial charge in [-0.05, 0) is 37.0 Å². The number of halogens is 2. The highest BCUT2D eigenvalue weighted by Gasteiger charge is 2.28. The standard InChI is InChI=1S/C18H25FN2O3.ClH/c1-12-7-8-21(14(9-12)11-20)18(23)6-4-16(22)13-3-5-17(24-2)15(19)10-13;/h3,5,10,12,14H,4,6-9,11,20H2,1-2H3;1H. The van der Waals surface area contributed by atoms with Gasteiger partial charge in [-0.15, -0.1) is 12.4 Å². The zero-order valence-electron chi connectivity index (χ0n) is 14.7. The van der Waals surface area contributed by atoms with Gasteiger partial charge < -0.3 is 15.4 Å². The molecular formula is C18H26ClFN2O3. The van der Waals surface area contributed by atoms with Crippen molar-refractivity contribution in [2.75, 3.05) is 20.2 Å². The number of piperidine rings is 1. The van der Waals surface area contributed by atoms with E-state index in [4.69, 9.17) is 10.5 Å². The molecule has 1 aliphatic rings. The summed E-state index contributed by atoms with van der Waals surface area (Å²) in [5, 5.41) is 0. The number of Topliss-reactive ketones (excluding diaryl/α,β-unsaturated/α-hetero) is 1. The Morgan fingerprint density at radius 1 is 1.36 bits per heavy atom. The summed E-state index contributed by atoms with van der Waals surface area (Å²) >= 11 is 0. The van der Waals surface area contributed by atoms with Gasteiger partial charge in [-0.1, -0.05) is 6.92 Å². The fourth-order valence-corrected chi connectivity index (χ4v) is 3.15. The average molecular weight is 373 g/mol. The minimum atomic E-state index is -0.581. The summed E-state index contributed by atoms with van der Waals surface area (Å²) in [6.45, 7) is 3.28. The van der Waals surface area contributed by atoms with Gasteiger partial charge in [0.2, 0.25) is 5.91 Å². The van der Waals surface area contributed by atoms with E-state index in [1.165, 1.54) is 19.2 Å². The smallest absolute Gasteiger partial charge is 0.223 e. The number of hydrogen-bond acceptors (Lipinski definition) is 4. The lowest BCUT2D eigenvalue weighted by atomic mass is 9.92. The van der Waals surface area contributed by atoms with Crippen molar-refractivity contribution in [1.29, 1.82) is 0 Å². The average Bonchev–Trinajstić information content (AvgIpc) is 2.59. The zero-order valence-corrected chi connectivity index (χ0v) is 15.5. The van der Waals surface area contributed by atoms with Gasteiger partial charge in [0.1, 0.15) is 0 Å². The molecule has 1 saturated heterocycles. The Hall–Kier alpha value is -1.66. The number of benzene rings is 1. The number of likely N-dealkylation sites (tertiary alicyclic amines) is 1. The second kappa shape index (κ2) is 9.73. The number of methoxy groups -OCH3 is 1. The summed E-state index contributed by atoms with van der Waals surface area (Å²) in [6, 6.07) is 4.13. The Morgan fingerprint density at radius 2 is 2.08 bits per heavy atom. The first kappa shape index (κ1) is 21.4. The molecule has 1 heterocycles. The van der Waals surface area contributed by atoms with E-state index in [9.17, 15) is 14.0 Å². The Kier molecular flexibility index (Phi) is 8.32. The zero-order chi connectivity index (χ0) is 17.7. The number of ketones is 1. The van der Waals surface area contributed by atoms with E-state index in [0.29, 0.717) is 19.0 Å². The highest BCUT2D eigenvalue weighted by molar-refractivity contribution is 5.98. The van der Waals surface area contributed by atoms with Crippen LogP contribution in [0, 0.1) is 11.7 Å². The number of amides is 1. The van der Waals surface area contributed by atoms with Gasteiger partial charge >= 0.3 is 0 Å². The summed E-state index contributed by atoms with van der Waals surface area (Å²) in [7, 11) is 1.37. The number of nitrogens with two attached hydrogens (primary N) is 1. The van der Waals surface area contributed by atoms with Crippen molar-refractivity contribution in [3.05, 3.63) is 29.6 Å². The maximum Gasteiger partial charge on any atom is 0.223 e. The molecule has 0 spiro atoms. The van der Waals surface area contributed by atoms with Crippen molar-refractivity contribution < 1.29 is 18.7 Å². The first-order valence-electron chi connectivity index (χ1n) is 8.32. The molecular weight excluding hydrogens is 347 g/mol. The van der Waals surface area contributed by atoms with Crippen LogP contribution >= 0.6 is 12.4 Å². The number of carbonyl (C=O) groups is 2. The summed E-state index contributed by atoms with van der Waals surface area (Å²) < 4.78 is 18.5. The van der Waals surface area contributed by atoms with Gasteiger partial charge in [0.15, 0.2) is 17.3 Å². The van der Waals surface area contributed by atoms with E-state index in [1.54, 1.807) is 4.90 Å². The molecule has 2 rings (SSSR count). The lowest BCUT2D eigenvalue weighted by Gasteiger charge is -2.38. The number of ether oxygens (including phenoxy) is 1. The van der Waals surface area contributed by atoms with Crippen LogP contribution in [0.5, 0.6) is 5.75 Å². The van der Waals surface area contributed by atoms with E-state index in [0.717, 1.165) is 18.9 Å². The summed E-state index contributed by atoms with van der Waals surface area (Å²) in [5.41, 5.74) is 6.02. The topological polar surface area (TPSA) is 72.6 Å². The maximum absolute atomic E-state index is 13.7. The molecule has 0 radical (unpaired) electrons. The van der Waals surface area contributed by atoms with Crippen LogP contribution in [0.3, 0.4) is 0 Å². The molecule has 1 fully saturated rings. The second-order valence-electron chi connectivity index (χ2n) is 6.38. The SMILES string of the molecule is COc1ccc(C(=O)CCC(=O)N2CCC(C)CC2CN)cc1F.Cl. The maximum atomic E-state index is 13.7. The predicted molar refractivity (Wildman–Crippen MR) is 96.7 cm³/mol. The van der Waals surface area contributed by atoms with Crippen LogP contribution in [0.25, 0.3) is 0 Å². The van der Waals surface area contributed by atoms with E-state index >= 15 is 0 Å². The lowest BCUT2D eigenvalue weighted by Crippen LogP contribution is -2.49. The van der Waals surface area contributed by atoms with Crippen molar-refractivity contribution in [2.24, 2.45) is 11.7 Å². The van der Waals surface area contributed by atoms with Crippen LogP contribution in [0.1, 0.15) is 43.0 Å². The van der Waals surface area contributed by atoms with Gasteiger partial charge in [0.25, 0.3) is 0 Å². The fraction of sp³-hybridized carbons (Fsp3) is 0.556. The largest absolute Gasteiger partial charge is 0.494 e. The second-order valence-corrected chi connectivity index (χ2v) is 6.38. The highest BCUT2D eigenvalue weighted by Crippen LogP contribution is 2.23. The quantitative estimate of drug-likeness (QED) is 0.779. The van der Waals surface area contributed by atoms with Crippen molar-refractivity contribution in [2.45, 2.75) is 38.6 Å². The van der Waals surface area contributed by atoms with Gasteiger partial charge in [0.05, 0.1) is 7.11 Å². The third-order valence-electron chi connectivity index (χ3n) is 4.61. The number of hydrogen-bond donors (Lipinski definition) is 1. The number of carbonyl (C=O) groups excluding carboxylic acids is 2. The van der Waals surface area contributed by atoms with E-state index in [1.807, 2.05) is 0 Å². The van der Waals surface area contributed by atoms with Gasteiger partial charge in [-0.25, -0.2) is 4.39 Å². The molecule has 25 heavy (non-hydrogen) atoms. The van der Waals surface area contributed by atoms with Crippen LogP contribution < -0.4 is 10.5 Å². The van der Waals surface area contributed by atoms with Crippen molar-refractivity contribution >= 4 is 24.1 Å². The summed E-state index contributed by atoms with van der Waals surface area (Å²) in [4.78, 5) is 26.4. The Labute approximate surface area is 154 Å². The van der Waals surface area contributed by atoms with Crippen LogP contribution in [-0.4, -0.2) is 42.8 Å². The van der Waals surface area contributed by atoms with E-state index < -0.39 is 5.82 Å². The number of rotatable bonds is 6. The molecule has 5 nitrogen and oxygen atoms in total.